The molecular weight excluding hydrogens is 289 g/mol. The van der Waals surface area contributed by atoms with E-state index < -0.39 is 0 Å². The third-order valence-electron chi connectivity index (χ3n) is 3.16. The van der Waals surface area contributed by atoms with Crippen LogP contribution in [0, 0.1) is 5.82 Å². The molecule has 0 aliphatic rings. The van der Waals surface area contributed by atoms with Gasteiger partial charge in [0.15, 0.2) is 0 Å². The lowest BCUT2D eigenvalue weighted by Crippen LogP contribution is -2.36. The van der Waals surface area contributed by atoms with E-state index in [0.717, 1.165) is 12.3 Å². The predicted molar refractivity (Wildman–Crippen MR) is 84.5 cm³/mol. The average molecular weight is 308 g/mol. The van der Waals surface area contributed by atoms with Gasteiger partial charge in [0.25, 0.3) is 0 Å². The number of ether oxygens (including phenoxy) is 1. The van der Waals surface area contributed by atoms with Crippen LogP contribution in [0.4, 0.5) is 4.39 Å². The smallest absolute Gasteiger partial charge is 0.126 e. The molecule has 0 bridgehead atoms. The Morgan fingerprint density at radius 1 is 1.19 bits per heavy atom. The van der Waals surface area contributed by atoms with Crippen molar-refractivity contribution in [2.45, 2.75) is 19.4 Å². The Kier molecular flexibility index (Phi) is 6.03. The van der Waals surface area contributed by atoms with Crippen LogP contribution in [0.1, 0.15) is 12.5 Å². The van der Waals surface area contributed by atoms with Crippen LogP contribution in [0.25, 0.3) is 0 Å². The highest BCUT2D eigenvalue weighted by Crippen LogP contribution is 2.17. The Morgan fingerprint density at radius 2 is 1.95 bits per heavy atom. The number of hydrogen-bond acceptors (Lipinski definition) is 2. The molecule has 1 N–H and O–H groups in total. The molecule has 4 heteroatoms. The Labute approximate surface area is 129 Å². The molecule has 112 valence electrons. The van der Waals surface area contributed by atoms with Gasteiger partial charge in [0, 0.05) is 11.1 Å². The molecule has 1 atom stereocenters. The predicted octanol–water partition coefficient (Wildman–Crippen LogP) is 4.08. The molecule has 2 aromatic rings. The van der Waals surface area contributed by atoms with Gasteiger partial charge in [-0.15, -0.1) is 0 Å². The van der Waals surface area contributed by atoms with E-state index in [-0.39, 0.29) is 11.9 Å². The SMILES string of the molecule is CCNC(COc1ccccc1)Cc1cc(Cl)ccc1F. The van der Waals surface area contributed by atoms with Crippen LogP contribution >= 0.6 is 11.6 Å². The topological polar surface area (TPSA) is 21.3 Å². The second kappa shape index (κ2) is 8.01. The molecular formula is C17H19ClFNO. The lowest BCUT2D eigenvalue weighted by molar-refractivity contribution is 0.264. The van der Waals surface area contributed by atoms with Crippen LogP contribution in [-0.2, 0) is 6.42 Å². The van der Waals surface area contributed by atoms with Crippen molar-refractivity contribution in [2.75, 3.05) is 13.2 Å². The Balaban J connectivity index is 2.00. The number of halogens is 2. The van der Waals surface area contributed by atoms with Crippen molar-refractivity contribution < 1.29 is 9.13 Å². The standard InChI is InChI=1S/C17H19ClFNO/c1-2-20-15(12-21-16-6-4-3-5-7-16)11-13-10-14(18)8-9-17(13)19/h3-10,15,20H,2,11-12H2,1H3. The molecule has 0 saturated heterocycles. The number of rotatable bonds is 7. The lowest BCUT2D eigenvalue weighted by atomic mass is 10.1. The molecule has 0 aliphatic carbocycles. The Hall–Kier alpha value is -1.58. The number of para-hydroxylation sites is 1. The van der Waals surface area contributed by atoms with E-state index in [1.54, 1.807) is 12.1 Å². The van der Waals surface area contributed by atoms with Gasteiger partial charge >= 0.3 is 0 Å². The van der Waals surface area contributed by atoms with E-state index in [1.165, 1.54) is 6.07 Å². The molecule has 0 fully saturated rings. The summed E-state index contributed by atoms with van der Waals surface area (Å²) in [5.41, 5.74) is 0.602. The Bertz CT molecular complexity index is 562. The van der Waals surface area contributed by atoms with Gasteiger partial charge in [-0.2, -0.15) is 0 Å². The van der Waals surface area contributed by atoms with Gasteiger partial charge < -0.3 is 10.1 Å². The summed E-state index contributed by atoms with van der Waals surface area (Å²) in [6, 6.07) is 14.3. The molecule has 2 nitrogen and oxygen atoms in total. The molecule has 0 aromatic heterocycles. The first-order valence-electron chi connectivity index (χ1n) is 7.04. The largest absolute Gasteiger partial charge is 0.492 e. The normalized spacial score (nSPS) is 12.1. The van der Waals surface area contributed by atoms with Crippen molar-refractivity contribution in [3.8, 4) is 5.75 Å². The second-order valence-electron chi connectivity index (χ2n) is 4.82. The summed E-state index contributed by atoms with van der Waals surface area (Å²) in [4.78, 5) is 0. The first-order chi connectivity index (χ1) is 10.2. The number of hydrogen-bond donors (Lipinski definition) is 1. The second-order valence-corrected chi connectivity index (χ2v) is 5.25. The number of nitrogens with one attached hydrogen (secondary N) is 1. The molecule has 0 heterocycles. The maximum absolute atomic E-state index is 13.8. The van der Waals surface area contributed by atoms with E-state index in [2.05, 4.69) is 5.32 Å². The zero-order valence-corrected chi connectivity index (χ0v) is 12.7. The van der Waals surface area contributed by atoms with E-state index in [0.29, 0.717) is 23.6 Å². The third kappa shape index (κ3) is 5.03. The van der Waals surface area contributed by atoms with Crippen molar-refractivity contribution in [1.29, 1.82) is 0 Å². The number of benzene rings is 2. The molecule has 0 spiro atoms. The molecule has 0 aliphatic heterocycles. The summed E-state index contributed by atoms with van der Waals surface area (Å²) >= 11 is 5.93. The zero-order chi connectivity index (χ0) is 15.1. The first-order valence-corrected chi connectivity index (χ1v) is 7.42. The minimum absolute atomic E-state index is 0.0307. The van der Waals surface area contributed by atoms with Crippen LogP contribution in [0.2, 0.25) is 5.02 Å². The molecule has 2 aromatic carbocycles. The van der Waals surface area contributed by atoms with Crippen LogP contribution in [0.3, 0.4) is 0 Å². The molecule has 21 heavy (non-hydrogen) atoms. The molecule has 0 saturated carbocycles. The maximum atomic E-state index is 13.8. The van der Waals surface area contributed by atoms with E-state index in [1.807, 2.05) is 37.3 Å². The van der Waals surface area contributed by atoms with Gasteiger partial charge in [0.2, 0.25) is 0 Å². The summed E-state index contributed by atoms with van der Waals surface area (Å²) in [5, 5.41) is 3.86. The van der Waals surface area contributed by atoms with Gasteiger partial charge in [0.1, 0.15) is 18.2 Å². The van der Waals surface area contributed by atoms with Crippen molar-refractivity contribution in [2.24, 2.45) is 0 Å². The molecule has 0 radical (unpaired) electrons. The van der Waals surface area contributed by atoms with Crippen LogP contribution in [0.5, 0.6) is 5.75 Å². The quantitative estimate of drug-likeness (QED) is 0.832. The van der Waals surface area contributed by atoms with Gasteiger partial charge in [-0.1, -0.05) is 36.7 Å². The lowest BCUT2D eigenvalue weighted by Gasteiger charge is -2.19. The van der Waals surface area contributed by atoms with E-state index in [9.17, 15) is 4.39 Å². The van der Waals surface area contributed by atoms with Crippen LogP contribution in [-0.4, -0.2) is 19.2 Å². The van der Waals surface area contributed by atoms with Crippen LogP contribution in [0.15, 0.2) is 48.5 Å². The zero-order valence-electron chi connectivity index (χ0n) is 12.0. The summed E-state index contributed by atoms with van der Waals surface area (Å²) in [6.07, 6.45) is 0.535. The fourth-order valence-electron chi connectivity index (χ4n) is 2.16. The van der Waals surface area contributed by atoms with Gasteiger partial charge in [-0.25, -0.2) is 4.39 Å². The minimum atomic E-state index is -0.234. The summed E-state index contributed by atoms with van der Waals surface area (Å²) in [7, 11) is 0. The summed E-state index contributed by atoms with van der Waals surface area (Å²) in [5.74, 6) is 0.578. The van der Waals surface area contributed by atoms with Gasteiger partial charge in [-0.3, -0.25) is 0 Å². The van der Waals surface area contributed by atoms with E-state index >= 15 is 0 Å². The molecule has 1 unspecified atom stereocenters. The average Bonchev–Trinajstić information content (AvgIpc) is 2.50. The molecule has 2 rings (SSSR count). The minimum Gasteiger partial charge on any atom is -0.492 e. The van der Waals surface area contributed by atoms with Gasteiger partial charge in [0.05, 0.1) is 0 Å². The first kappa shape index (κ1) is 15.8. The summed E-state index contributed by atoms with van der Waals surface area (Å²) < 4.78 is 19.6. The van der Waals surface area contributed by atoms with Crippen molar-refractivity contribution >= 4 is 11.6 Å². The fourth-order valence-corrected chi connectivity index (χ4v) is 2.35. The van der Waals surface area contributed by atoms with Crippen molar-refractivity contribution in [3.63, 3.8) is 0 Å². The third-order valence-corrected chi connectivity index (χ3v) is 3.40. The molecule has 0 amide bonds. The van der Waals surface area contributed by atoms with Crippen molar-refractivity contribution in [1.82, 2.24) is 5.32 Å². The maximum Gasteiger partial charge on any atom is 0.126 e. The van der Waals surface area contributed by atoms with Gasteiger partial charge in [-0.05, 0) is 48.9 Å². The fraction of sp³-hybridized carbons (Fsp3) is 0.294. The highest BCUT2D eigenvalue weighted by Gasteiger charge is 2.13. The highest BCUT2D eigenvalue weighted by molar-refractivity contribution is 6.30. The summed E-state index contributed by atoms with van der Waals surface area (Å²) in [6.45, 7) is 3.29. The van der Waals surface area contributed by atoms with E-state index in [4.69, 9.17) is 16.3 Å². The van der Waals surface area contributed by atoms with Crippen LogP contribution < -0.4 is 10.1 Å². The van der Waals surface area contributed by atoms with Crippen molar-refractivity contribution in [3.05, 3.63) is 64.9 Å². The highest BCUT2D eigenvalue weighted by atomic mass is 35.5. The monoisotopic (exact) mass is 307 g/mol. The number of likely N-dealkylation sites (N-methyl/N-ethyl adjacent to an activating group) is 1. The Morgan fingerprint density at radius 3 is 2.67 bits per heavy atom.